The van der Waals surface area contributed by atoms with Crippen LogP contribution in [0.4, 0.5) is 5.69 Å². The molecule has 0 aliphatic carbocycles. The molecule has 28 heavy (non-hydrogen) atoms. The molecular weight excluding hydrogens is 356 g/mol. The van der Waals surface area contributed by atoms with E-state index in [4.69, 9.17) is 9.47 Å². The van der Waals surface area contributed by atoms with Crippen LogP contribution in [0.3, 0.4) is 0 Å². The highest BCUT2D eigenvalue weighted by Gasteiger charge is 2.22. The van der Waals surface area contributed by atoms with Crippen LogP contribution in [0.25, 0.3) is 0 Å². The summed E-state index contributed by atoms with van der Waals surface area (Å²) in [5.41, 5.74) is 4.10. The van der Waals surface area contributed by atoms with Gasteiger partial charge in [0.15, 0.2) is 6.79 Å². The lowest BCUT2D eigenvalue weighted by atomic mass is 9.93. The fraction of sp³-hybridized carbons (Fsp3) is 0.455. The molecule has 0 saturated heterocycles. The van der Waals surface area contributed by atoms with Gasteiger partial charge in [0.25, 0.3) is 5.69 Å². The number of nitro benzene ring substituents is 1. The van der Waals surface area contributed by atoms with E-state index in [0.29, 0.717) is 30.7 Å². The van der Waals surface area contributed by atoms with Crippen LogP contribution < -0.4 is 10.1 Å². The Bertz CT molecular complexity index is 831. The zero-order chi connectivity index (χ0) is 20.3. The molecule has 2 aromatic rings. The molecule has 0 radical (unpaired) electrons. The van der Waals surface area contributed by atoms with Gasteiger partial charge < -0.3 is 14.8 Å². The summed E-state index contributed by atoms with van der Waals surface area (Å²) in [5.74, 6) is 1.56. The minimum Gasteiger partial charge on any atom is -0.467 e. The maximum atomic E-state index is 11.3. The average Bonchev–Trinajstić information content (AvgIpc) is 2.67. The molecule has 0 fully saturated rings. The Labute approximate surface area is 166 Å². The molecule has 0 saturated carbocycles. The van der Waals surface area contributed by atoms with Gasteiger partial charge in [-0.25, -0.2) is 0 Å². The van der Waals surface area contributed by atoms with Crippen LogP contribution in [0.5, 0.6) is 5.75 Å². The fourth-order valence-corrected chi connectivity index (χ4v) is 3.56. The minimum absolute atomic E-state index is 0.0621. The van der Waals surface area contributed by atoms with Crippen LogP contribution in [0.2, 0.25) is 0 Å². The molecule has 1 aliphatic rings. The van der Waals surface area contributed by atoms with Gasteiger partial charge in [-0.15, -0.1) is 0 Å². The first-order chi connectivity index (χ1) is 13.4. The van der Waals surface area contributed by atoms with Gasteiger partial charge in [-0.2, -0.15) is 0 Å². The molecule has 1 unspecified atom stereocenters. The highest BCUT2D eigenvalue weighted by molar-refractivity contribution is 5.50. The van der Waals surface area contributed by atoms with E-state index in [0.717, 1.165) is 11.1 Å². The lowest BCUT2D eigenvalue weighted by Gasteiger charge is -2.25. The molecule has 0 amide bonds. The number of nitrogens with one attached hydrogen (secondary N) is 1. The quantitative estimate of drug-likeness (QED) is 0.533. The maximum absolute atomic E-state index is 11.3. The topological polar surface area (TPSA) is 73.6 Å². The molecule has 1 aliphatic heterocycles. The van der Waals surface area contributed by atoms with Gasteiger partial charge in [0.2, 0.25) is 0 Å². The first-order valence-corrected chi connectivity index (χ1v) is 9.70. The van der Waals surface area contributed by atoms with Crippen LogP contribution >= 0.6 is 0 Å². The van der Waals surface area contributed by atoms with Gasteiger partial charge in [-0.3, -0.25) is 10.1 Å². The second-order valence-electron chi connectivity index (χ2n) is 7.88. The molecule has 0 aromatic heterocycles. The Morgan fingerprint density at radius 2 is 1.79 bits per heavy atom. The predicted molar refractivity (Wildman–Crippen MR) is 108 cm³/mol. The number of ether oxygens (including phenoxy) is 2. The molecule has 3 rings (SSSR count). The highest BCUT2D eigenvalue weighted by atomic mass is 16.7. The number of hydrogen-bond donors (Lipinski definition) is 1. The Morgan fingerprint density at radius 3 is 2.39 bits per heavy atom. The Kier molecular flexibility index (Phi) is 6.31. The number of rotatable bonds is 7. The van der Waals surface area contributed by atoms with E-state index >= 15 is 0 Å². The summed E-state index contributed by atoms with van der Waals surface area (Å²) in [5, 5.41) is 14.9. The van der Waals surface area contributed by atoms with Crippen LogP contribution in [0.15, 0.2) is 36.4 Å². The lowest BCUT2D eigenvalue weighted by molar-refractivity contribution is -0.385. The van der Waals surface area contributed by atoms with Gasteiger partial charge in [0.1, 0.15) is 5.75 Å². The zero-order valence-electron chi connectivity index (χ0n) is 16.9. The molecule has 150 valence electrons. The largest absolute Gasteiger partial charge is 0.467 e. The Balaban J connectivity index is 1.84. The predicted octanol–water partition coefficient (Wildman–Crippen LogP) is 5.07. The molecule has 6 heteroatoms. The summed E-state index contributed by atoms with van der Waals surface area (Å²) in [6, 6.07) is 11.9. The number of nitro groups is 1. The van der Waals surface area contributed by atoms with Crippen molar-refractivity contribution in [2.75, 3.05) is 6.79 Å². The summed E-state index contributed by atoms with van der Waals surface area (Å²) in [6.45, 7) is 9.68. The van der Waals surface area contributed by atoms with Crippen molar-refractivity contribution in [3.05, 3.63) is 68.8 Å². The number of benzene rings is 2. The van der Waals surface area contributed by atoms with Crippen molar-refractivity contribution in [3.63, 3.8) is 0 Å². The summed E-state index contributed by atoms with van der Waals surface area (Å²) >= 11 is 0. The summed E-state index contributed by atoms with van der Waals surface area (Å²) in [4.78, 5) is 10.9. The van der Waals surface area contributed by atoms with E-state index in [-0.39, 0.29) is 23.4 Å². The number of hydrogen-bond acceptors (Lipinski definition) is 5. The first-order valence-electron chi connectivity index (χ1n) is 9.70. The van der Waals surface area contributed by atoms with E-state index in [9.17, 15) is 10.1 Å². The maximum Gasteiger partial charge on any atom is 0.270 e. The van der Waals surface area contributed by atoms with Crippen molar-refractivity contribution in [1.82, 2.24) is 5.32 Å². The van der Waals surface area contributed by atoms with Crippen molar-refractivity contribution in [1.29, 1.82) is 0 Å². The van der Waals surface area contributed by atoms with E-state index in [1.807, 2.05) is 0 Å². The molecule has 0 spiro atoms. The van der Waals surface area contributed by atoms with Crippen LogP contribution in [-0.2, 0) is 17.9 Å². The van der Waals surface area contributed by atoms with Gasteiger partial charge in [-0.1, -0.05) is 52.0 Å². The smallest absolute Gasteiger partial charge is 0.270 e. The van der Waals surface area contributed by atoms with Crippen LogP contribution in [0, 0.1) is 16.0 Å². The summed E-state index contributed by atoms with van der Waals surface area (Å²) in [6.07, 6.45) is 0. The molecule has 6 nitrogen and oxygen atoms in total. The van der Waals surface area contributed by atoms with Gasteiger partial charge in [0.05, 0.1) is 11.5 Å². The van der Waals surface area contributed by atoms with E-state index in [2.05, 4.69) is 57.3 Å². The van der Waals surface area contributed by atoms with Crippen molar-refractivity contribution < 1.29 is 14.4 Å². The second-order valence-corrected chi connectivity index (χ2v) is 7.88. The van der Waals surface area contributed by atoms with Crippen LogP contribution in [0.1, 0.15) is 61.9 Å². The van der Waals surface area contributed by atoms with Gasteiger partial charge in [0, 0.05) is 35.8 Å². The van der Waals surface area contributed by atoms with Gasteiger partial charge >= 0.3 is 0 Å². The Hall–Kier alpha value is -2.44. The highest BCUT2D eigenvalue weighted by Crippen LogP contribution is 2.33. The third kappa shape index (κ3) is 4.51. The first kappa shape index (κ1) is 20.3. The zero-order valence-corrected chi connectivity index (χ0v) is 16.9. The van der Waals surface area contributed by atoms with E-state index in [1.165, 1.54) is 17.2 Å². The SMILES string of the molecule is CC(C)c1ccc(C(NCc2cc([N+](=O)[O-])cc3c2OCOC3)C(C)C)cc1. The Morgan fingerprint density at radius 1 is 1.11 bits per heavy atom. The third-order valence-corrected chi connectivity index (χ3v) is 5.12. The molecular formula is C22H28N2O4. The van der Waals surface area contributed by atoms with Crippen molar-refractivity contribution in [2.24, 2.45) is 5.92 Å². The van der Waals surface area contributed by atoms with Crippen molar-refractivity contribution in [3.8, 4) is 5.75 Å². The lowest BCUT2D eigenvalue weighted by Crippen LogP contribution is -2.26. The van der Waals surface area contributed by atoms with Gasteiger partial charge in [-0.05, 0) is 23.0 Å². The van der Waals surface area contributed by atoms with Crippen molar-refractivity contribution >= 4 is 5.69 Å². The molecule has 1 atom stereocenters. The molecule has 0 bridgehead atoms. The monoisotopic (exact) mass is 384 g/mol. The summed E-state index contributed by atoms with van der Waals surface area (Å²) in [7, 11) is 0. The third-order valence-electron chi connectivity index (χ3n) is 5.12. The molecule has 1 N–H and O–H groups in total. The van der Waals surface area contributed by atoms with E-state index in [1.54, 1.807) is 6.07 Å². The standard InChI is InChI=1S/C22H28N2O4/c1-14(2)16-5-7-17(8-6-16)21(15(3)4)23-11-18-9-20(24(25)26)10-19-12-27-13-28-22(18)19/h5-10,14-15,21,23H,11-13H2,1-4H3. The fourth-order valence-electron chi connectivity index (χ4n) is 3.56. The second kappa shape index (κ2) is 8.71. The van der Waals surface area contributed by atoms with Crippen LogP contribution in [-0.4, -0.2) is 11.7 Å². The molecule has 1 heterocycles. The molecule has 2 aromatic carbocycles. The minimum atomic E-state index is -0.372. The summed E-state index contributed by atoms with van der Waals surface area (Å²) < 4.78 is 10.9. The van der Waals surface area contributed by atoms with Crippen molar-refractivity contribution in [2.45, 2.75) is 52.8 Å². The average molecular weight is 384 g/mol. The number of non-ortho nitro benzene ring substituents is 1. The van der Waals surface area contributed by atoms with E-state index < -0.39 is 0 Å². The number of fused-ring (bicyclic) bond motifs is 1. The number of nitrogens with zero attached hydrogens (tertiary/aromatic N) is 1. The normalized spacial score (nSPS) is 14.6.